The van der Waals surface area contributed by atoms with E-state index in [0.29, 0.717) is 0 Å². The van der Waals surface area contributed by atoms with E-state index in [-0.39, 0.29) is 26.4 Å². The number of rotatable bonds is 10. The van der Waals surface area contributed by atoms with Crippen LogP contribution >= 0.6 is 0 Å². The smallest absolute Gasteiger partial charge is 0.396 e. The third-order valence-corrected chi connectivity index (χ3v) is 1.62. The average molecular weight is 278 g/mol. The van der Waals surface area contributed by atoms with Gasteiger partial charge in [-0.1, -0.05) is 6.58 Å². The number of carbonyl (C=O) groups excluding carboxylic acids is 2. The summed E-state index contributed by atoms with van der Waals surface area (Å²) in [6.45, 7) is 3.86. The molecular weight excluding hydrogens is 260 g/mol. The van der Waals surface area contributed by atoms with Gasteiger partial charge in [-0.3, -0.25) is 4.79 Å². The van der Waals surface area contributed by atoms with E-state index in [1.807, 2.05) is 0 Å². The van der Waals surface area contributed by atoms with Gasteiger partial charge >= 0.3 is 17.9 Å². The van der Waals surface area contributed by atoms with E-state index < -0.39 is 24.5 Å². The molecular formula is C11H18O8. The fraction of sp³-hybridized carbons (Fsp3) is 0.636. The normalized spacial score (nSPS) is 13.4. The van der Waals surface area contributed by atoms with Crippen molar-refractivity contribution in [1.82, 2.24) is 0 Å². The van der Waals surface area contributed by atoms with Crippen LogP contribution in [0.1, 0.15) is 6.92 Å². The Bertz CT molecular complexity index is 303. The predicted octanol–water partition coefficient (Wildman–Crippen LogP) is -1.05. The molecule has 0 amide bonds. The van der Waals surface area contributed by atoms with Crippen molar-refractivity contribution in [3.05, 3.63) is 12.7 Å². The number of hydrogen-bond donors (Lipinski definition) is 2. The summed E-state index contributed by atoms with van der Waals surface area (Å²) in [7, 11) is 0. The third kappa shape index (κ3) is 9.14. The van der Waals surface area contributed by atoms with Crippen LogP contribution in [0.5, 0.6) is 0 Å². The molecule has 0 saturated heterocycles. The van der Waals surface area contributed by atoms with Gasteiger partial charge in [-0.25, -0.2) is 4.79 Å². The number of hydrogen-bond acceptors (Lipinski definition) is 8. The quantitative estimate of drug-likeness (QED) is 0.225. The van der Waals surface area contributed by atoms with Crippen LogP contribution in [0.2, 0.25) is 0 Å². The first kappa shape index (κ1) is 17.5. The van der Waals surface area contributed by atoms with Gasteiger partial charge in [0.1, 0.15) is 0 Å². The van der Waals surface area contributed by atoms with Gasteiger partial charge in [0.05, 0.1) is 26.4 Å². The molecule has 0 aliphatic heterocycles. The zero-order valence-corrected chi connectivity index (χ0v) is 10.7. The van der Waals surface area contributed by atoms with Crippen LogP contribution in [0, 0.1) is 0 Å². The summed E-state index contributed by atoms with van der Waals surface area (Å²) < 4.78 is 18.8. The number of esters is 2. The van der Waals surface area contributed by atoms with E-state index in [1.165, 1.54) is 0 Å². The maximum Gasteiger partial charge on any atom is 0.398 e. The molecule has 1 unspecified atom stereocenters. The summed E-state index contributed by atoms with van der Waals surface area (Å²) in [5.41, 5.74) is 0. The van der Waals surface area contributed by atoms with E-state index in [4.69, 9.17) is 14.6 Å². The van der Waals surface area contributed by atoms with Gasteiger partial charge in [0.25, 0.3) is 0 Å². The Labute approximate surface area is 110 Å². The maximum atomic E-state index is 11.0. The Morgan fingerprint density at radius 1 is 1.21 bits per heavy atom. The van der Waals surface area contributed by atoms with Gasteiger partial charge in [0, 0.05) is 13.0 Å². The molecule has 8 nitrogen and oxygen atoms in total. The summed E-state index contributed by atoms with van der Waals surface area (Å²) in [5.74, 6) is -4.32. The van der Waals surface area contributed by atoms with Gasteiger partial charge in [-0.05, 0) is 0 Å². The molecule has 1 atom stereocenters. The highest BCUT2D eigenvalue weighted by molar-refractivity contribution is 5.81. The molecule has 0 aromatic carbocycles. The molecule has 2 N–H and O–H groups in total. The van der Waals surface area contributed by atoms with Crippen LogP contribution in [0.4, 0.5) is 0 Å². The second-order valence-electron chi connectivity index (χ2n) is 3.32. The highest BCUT2D eigenvalue weighted by atomic mass is 16.9. The largest absolute Gasteiger partial charge is 0.398 e. The van der Waals surface area contributed by atoms with Crippen molar-refractivity contribution in [2.45, 2.75) is 12.9 Å². The molecule has 0 fully saturated rings. The van der Waals surface area contributed by atoms with E-state index in [2.05, 4.69) is 16.1 Å². The Kier molecular flexibility index (Phi) is 8.71. The summed E-state index contributed by atoms with van der Waals surface area (Å²) >= 11 is 0. The monoisotopic (exact) mass is 278 g/mol. The van der Waals surface area contributed by atoms with Crippen LogP contribution in [0.15, 0.2) is 12.7 Å². The third-order valence-electron chi connectivity index (χ3n) is 1.62. The molecule has 0 spiro atoms. The van der Waals surface area contributed by atoms with Crippen molar-refractivity contribution < 1.29 is 38.7 Å². The number of carbonyl (C=O) groups is 2. The Balaban J connectivity index is 4.15. The lowest BCUT2D eigenvalue weighted by molar-refractivity contribution is -0.339. The number of aliphatic hydroxyl groups excluding tert-OH is 1. The Morgan fingerprint density at radius 3 is 2.37 bits per heavy atom. The Hall–Kier alpha value is -1.48. The van der Waals surface area contributed by atoms with Gasteiger partial charge in [-0.15, -0.1) is 0 Å². The topological polar surface area (TPSA) is 112 Å². The lowest BCUT2D eigenvalue weighted by Gasteiger charge is -2.25. The first-order chi connectivity index (χ1) is 8.93. The molecule has 0 bridgehead atoms. The van der Waals surface area contributed by atoms with Crippen LogP contribution in [-0.4, -0.2) is 61.2 Å². The van der Waals surface area contributed by atoms with Crippen LogP contribution < -0.4 is 0 Å². The molecule has 8 heteroatoms. The molecule has 0 saturated carbocycles. The fourth-order valence-corrected chi connectivity index (χ4v) is 0.989. The molecule has 0 aromatic heterocycles. The van der Waals surface area contributed by atoms with Crippen molar-refractivity contribution in [2.24, 2.45) is 0 Å². The standard InChI is InChI=1S/C11H18O8/c1-3-10(14)19-11(15,18-9(2)13)8-17-7-6-16-5-4-12/h3,12,15H,1,4-8H2,2H3. The molecule has 0 radical (unpaired) electrons. The van der Waals surface area contributed by atoms with E-state index >= 15 is 0 Å². The second-order valence-corrected chi connectivity index (χ2v) is 3.32. The highest BCUT2D eigenvalue weighted by Crippen LogP contribution is 2.11. The zero-order valence-electron chi connectivity index (χ0n) is 10.7. The van der Waals surface area contributed by atoms with Gasteiger partial charge in [0.15, 0.2) is 6.61 Å². The zero-order chi connectivity index (χ0) is 14.7. The van der Waals surface area contributed by atoms with Crippen molar-refractivity contribution in [3.8, 4) is 0 Å². The highest BCUT2D eigenvalue weighted by Gasteiger charge is 2.35. The first-order valence-corrected chi connectivity index (χ1v) is 5.47. The van der Waals surface area contributed by atoms with Crippen molar-refractivity contribution in [1.29, 1.82) is 0 Å². The summed E-state index contributed by atoms with van der Waals surface area (Å²) in [5, 5.41) is 18.2. The summed E-state index contributed by atoms with van der Waals surface area (Å²) in [6, 6.07) is 0. The van der Waals surface area contributed by atoms with Crippen LogP contribution in [0.3, 0.4) is 0 Å². The lowest BCUT2D eigenvalue weighted by atomic mass is 10.5. The second kappa shape index (κ2) is 9.45. The summed E-state index contributed by atoms with van der Waals surface area (Å²) in [4.78, 5) is 21.8. The van der Waals surface area contributed by atoms with Gasteiger partial charge in [0.2, 0.25) is 0 Å². The van der Waals surface area contributed by atoms with E-state index in [0.717, 1.165) is 13.0 Å². The van der Waals surface area contributed by atoms with E-state index in [1.54, 1.807) is 0 Å². The van der Waals surface area contributed by atoms with E-state index in [9.17, 15) is 14.7 Å². The first-order valence-electron chi connectivity index (χ1n) is 5.47. The van der Waals surface area contributed by atoms with Crippen LogP contribution in [-0.2, 0) is 28.5 Å². The maximum absolute atomic E-state index is 11.0. The van der Waals surface area contributed by atoms with Gasteiger partial charge < -0.3 is 29.2 Å². The molecule has 110 valence electrons. The average Bonchev–Trinajstić information content (AvgIpc) is 2.32. The molecule has 0 heterocycles. The van der Waals surface area contributed by atoms with Crippen molar-refractivity contribution in [2.75, 3.05) is 33.0 Å². The van der Waals surface area contributed by atoms with Crippen molar-refractivity contribution in [3.63, 3.8) is 0 Å². The van der Waals surface area contributed by atoms with Crippen LogP contribution in [0.25, 0.3) is 0 Å². The minimum atomic E-state index is -2.51. The molecule has 0 aliphatic carbocycles. The molecule has 0 aromatic rings. The summed E-state index contributed by atoms with van der Waals surface area (Å²) in [6.07, 6.45) is 0.804. The van der Waals surface area contributed by atoms with Crippen molar-refractivity contribution >= 4 is 11.9 Å². The molecule has 0 rings (SSSR count). The minimum absolute atomic E-state index is 0.0508. The predicted molar refractivity (Wildman–Crippen MR) is 61.7 cm³/mol. The lowest BCUT2D eigenvalue weighted by Crippen LogP contribution is -2.44. The number of aliphatic hydroxyl groups is 2. The Morgan fingerprint density at radius 2 is 1.84 bits per heavy atom. The minimum Gasteiger partial charge on any atom is -0.396 e. The molecule has 0 aliphatic rings. The SMILES string of the molecule is C=CC(=O)OC(O)(COCCOCCO)OC(C)=O. The van der Waals surface area contributed by atoms with Gasteiger partial charge in [-0.2, -0.15) is 0 Å². The fourth-order valence-electron chi connectivity index (χ4n) is 0.989. The number of ether oxygens (including phenoxy) is 4. The molecule has 19 heavy (non-hydrogen) atoms.